The van der Waals surface area contributed by atoms with E-state index in [0.29, 0.717) is 0 Å². The van der Waals surface area contributed by atoms with Crippen LogP contribution in [0.4, 0.5) is 0 Å². The largest absolute Gasteiger partial charge is 0.316 e. The lowest BCUT2D eigenvalue weighted by molar-refractivity contribution is 0.643. The molecule has 0 radical (unpaired) electrons. The Bertz CT molecular complexity index is 209. The van der Waals surface area contributed by atoms with Crippen molar-refractivity contribution in [1.29, 1.82) is 0 Å². The molecular weight excluding hydrogens is 210 g/mol. The van der Waals surface area contributed by atoms with Gasteiger partial charge < -0.3 is 5.32 Å². The molecule has 0 bridgehead atoms. The molecule has 0 aliphatic carbocycles. The minimum absolute atomic E-state index is 1.12. The van der Waals surface area contributed by atoms with E-state index in [-0.39, 0.29) is 0 Å². The van der Waals surface area contributed by atoms with Crippen LogP contribution in [0.1, 0.15) is 18.4 Å². The van der Waals surface area contributed by atoms with E-state index in [1.807, 2.05) is 11.8 Å². The van der Waals surface area contributed by atoms with Gasteiger partial charge in [-0.25, -0.2) is 0 Å². The second-order valence-electron chi connectivity index (χ2n) is 3.33. The molecule has 1 aromatic heterocycles. The van der Waals surface area contributed by atoms with Crippen LogP contribution >= 0.6 is 23.1 Å². The average molecular weight is 229 g/mol. The highest BCUT2D eigenvalue weighted by Crippen LogP contribution is 2.05. The summed E-state index contributed by atoms with van der Waals surface area (Å²) in [6.45, 7) is 2.29. The Hall–Kier alpha value is 0.01000. The van der Waals surface area contributed by atoms with Crippen molar-refractivity contribution in [1.82, 2.24) is 5.32 Å². The van der Waals surface area contributed by atoms with Crippen molar-refractivity contribution in [3.05, 3.63) is 22.4 Å². The third-order valence-electron chi connectivity index (χ3n) is 2.12. The lowest BCUT2D eigenvalue weighted by Gasteiger charge is -2.02. The van der Waals surface area contributed by atoms with Gasteiger partial charge in [-0.3, -0.25) is 0 Å². The fourth-order valence-electron chi connectivity index (χ4n) is 1.29. The second kappa shape index (κ2) is 8.33. The fraction of sp³-hybridized carbons (Fsp3) is 0.636. The topological polar surface area (TPSA) is 12.0 Å². The predicted octanol–water partition coefficient (Wildman–Crippen LogP) is 3.02. The fourth-order valence-corrected chi connectivity index (χ4v) is 2.48. The van der Waals surface area contributed by atoms with Gasteiger partial charge in [-0.05, 0) is 66.8 Å². The molecule has 0 aliphatic rings. The van der Waals surface area contributed by atoms with Gasteiger partial charge in [-0.15, -0.1) is 0 Å². The maximum Gasteiger partial charge on any atom is -0.000806 e. The Morgan fingerprint density at radius 3 is 3.00 bits per heavy atom. The molecule has 14 heavy (non-hydrogen) atoms. The van der Waals surface area contributed by atoms with E-state index in [1.54, 1.807) is 11.3 Å². The number of thiophene rings is 1. The summed E-state index contributed by atoms with van der Waals surface area (Å²) in [5.41, 5.74) is 1.46. The standard InChI is InChI=1S/C11H19NS2/c1-13-8-3-2-6-12-7-4-11-5-9-14-10-11/h5,9-10,12H,2-4,6-8H2,1H3. The number of unbranched alkanes of at least 4 members (excludes halogenated alkanes) is 1. The number of rotatable bonds is 8. The molecule has 0 spiro atoms. The summed E-state index contributed by atoms with van der Waals surface area (Å²) < 4.78 is 0. The highest BCUT2D eigenvalue weighted by Gasteiger charge is 1.92. The summed E-state index contributed by atoms with van der Waals surface area (Å²) in [5, 5.41) is 7.86. The summed E-state index contributed by atoms with van der Waals surface area (Å²) in [7, 11) is 0. The van der Waals surface area contributed by atoms with Gasteiger partial charge in [0.15, 0.2) is 0 Å². The van der Waals surface area contributed by atoms with Gasteiger partial charge in [-0.2, -0.15) is 23.1 Å². The lowest BCUT2D eigenvalue weighted by Crippen LogP contribution is -2.18. The van der Waals surface area contributed by atoms with Crippen molar-refractivity contribution < 1.29 is 0 Å². The molecule has 0 saturated heterocycles. The molecule has 80 valence electrons. The molecular formula is C11H19NS2. The van der Waals surface area contributed by atoms with Gasteiger partial charge >= 0.3 is 0 Å². The van der Waals surface area contributed by atoms with Crippen molar-refractivity contribution in [3.8, 4) is 0 Å². The number of hydrogen-bond acceptors (Lipinski definition) is 3. The molecule has 0 atom stereocenters. The molecule has 1 rings (SSSR count). The minimum atomic E-state index is 1.12. The van der Waals surface area contributed by atoms with Crippen LogP contribution in [0, 0.1) is 0 Å². The summed E-state index contributed by atoms with van der Waals surface area (Å²) in [4.78, 5) is 0. The Morgan fingerprint density at radius 1 is 1.36 bits per heavy atom. The Labute approximate surface area is 95.3 Å². The highest BCUT2D eigenvalue weighted by atomic mass is 32.2. The average Bonchev–Trinajstić information content (AvgIpc) is 2.69. The summed E-state index contributed by atoms with van der Waals surface area (Å²) in [6, 6.07) is 2.21. The number of thioether (sulfide) groups is 1. The Morgan fingerprint density at radius 2 is 2.29 bits per heavy atom. The van der Waals surface area contributed by atoms with E-state index in [9.17, 15) is 0 Å². The van der Waals surface area contributed by atoms with E-state index in [0.717, 1.165) is 6.54 Å². The van der Waals surface area contributed by atoms with Crippen LogP contribution in [0.15, 0.2) is 16.8 Å². The monoisotopic (exact) mass is 229 g/mol. The van der Waals surface area contributed by atoms with Crippen LogP contribution < -0.4 is 5.32 Å². The zero-order valence-corrected chi connectivity index (χ0v) is 10.4. The van der Waals surface area contributed by atoms with Gasteiger partial charge in [-0.1, -0.05) is 0 Å². The molecule has 3 heteroatoms. The summed E-state index contributed by atoms with van der Waals surface area (Å²) >= 11 is 3.72. The van der Waals surface area contributed by atoms with Crippen LogP contribution in [0.25, 0.3) is 0 Å². The normalized spacial score (nSPS) is 10.6. The van der Waals surface area contributed by atoms with Gasteiger partial charge in [0, 0.05) is 0 Å². The maximum absolute atomic E-state index is 3.48. The van der Waals surface area contributed by atoms with Crippen molar-refractivity contribution in [2.24, 2.45) is 0 Å². The van der Waals surface area contributed by atoms with Crippen molar-refractivity contribution in [3.63, 3.8) is 0 Å². The van der Waals surface area contributed by atoms with Gasteiger partial charge in [0.25, 0.3) is 0 Å². The summed E-state index contributed by atoms with van der Waals surface area (Å²) in [6.07, 6.45) is 5.99. The van der Waals surface area contributed by atoms with Crippen molar-refractivity contribution >= 4 is 23.1 Å². The molecule has 0 saturated carbocycles. The van der Waals surface area contributed by atoms with Gasteiger partial charge in [0.05, 0.1) is 0 Å². The van der Waals surface area contributed by atoms with E-state index < -0.39 is 0 Å². The first kappa shape index (κ1) is 12.1. The van der Waals surface area contributed by atoms with Crippen molar-refractivity contribution in [2.45, 2.75) is 19.3 Å². The molecule has 1 N–H and O–H groups in total. The first-order valence-electron chi connectivity index (χ1n) is 5.14. The third-order valence-corrected chi connectivity index (χ3v) is 3.55. The van der Waals surface area contributed by atoms with E-state index in [1.165, 1.54) is 37.1 Å². The predicted molar refractivity (Wildman–Crippen MR) is 68.5 cm³/mol. The zero-order chi connectivity index (χ0) is 10.1. The minimum Gasteiger partial charge on any atom is -0.316 e. The van der Waals surface area contributed by atoms with Gasteiger partial charge in [0.2, 0.25) is 0 Å². The van der Waals surface area contributed by atoms with E-state index in [2.05, 4.69) is 28.4 Å². The van der Waals surface area contributed by atoms with Crippen LogP contribution in [-0.2, 0) is 6.42 Å². The van der Waals surface area contributed by atoms with Crippen LogP contribution in [0.3, 0.4) is 0 Å². The molecule has 0 aliphatic heterocycles. The Balaban J connectivity index is 1.85. The Kier molecular flexibility index (Phi) is 7.19. The van der Waals surface area contributed by atoms with Crippen LogP contribution in [-0.4, -0.2) is 25.1 Å². The third kappa shape index (κ3) is 5.68. The smallest absolute Gasteiger partial charge is 0.000806 e. The molecule has 0 unspecified atom stereocenters. The molecule has 1 nitrogen and oxygen atoms in total. The number of nitrogens with one attached hydrogen (secondary N) is 1. The molecule has 0 fully saturated rings. The van der Waals surface area contributed by atoms with E-state index in [4.69, 9.17) is 0 Å². The van der Waals surface area contributed by atoms with Crippen LogP contribution in [0.5, 0.6) is 0 Å². The van der Waals surface area contributed by atoms with Gasteiger partial charge in [0.1, 0.15) is 0 Å². The highest BCUT2D eigenvalue weighted by molar-refractivity contribution is 7.98. The lowest BCUT2D eigenvalue weighted by atomic mass is 10.2. The maximum atomic E-state index is 3.48. The number of hydrogen-bond donors (Lipinski definition) is 1. The van der Waals surface area contributed by atoms with Crippen molar-refractivity contribution in [2.75, 3.05) is 25.1 Å². The quantitative estimate of drug-likeness (QED) is 0.688. The summed E-state index contributed by atoms with van der Waals surface area (Å²) in [5.74, 6) is 1.30. The molecule has 1 aromatic rings. The molecule has 0 aromatic carbocycles. The zero-order valence-electron chi connectivity index (χ0n) is 8.79. The second-order valence-corrected chi connectivity index (χ2v) is 5.10. The first-order valence-corrected chi connectivity index (χ1v) is 7.48. The first-order chi connectivity index (χ1) is 6.93. The molecule has 1 heterocycles. The van der Waals surface area contributed by atoms with Crippen LogP contribution in [0.2, 0.25) is 0 Å². The van der Waals surface area contributed by atoms with E-state index >= 15 is 0 Å². The molecule has 0 amide bonds. The SMILES string of the molecule is CSCCCCNCCc1ccsc1.